The number of nitrogens with one attached hydrogen (secondary N) is 1. The van der Waals surface area contributed by atoms with Crippen molar-refractivity contribution < 1.29 is 14.0 Å². The molecular formula is C18H15BrClFN2O2. The fraction of sp³-hybridized carbons (Fsp3) is 0.222. The molecule has 1 N–H and O–H groups in total. The zero-order valence-corrected chi connectivity index (χ0v) is 15.7. The third-order valence-corrected chi connectivity index (χ3v) is 5.32. The van der Waals surface area contributed by atoms with Crippen molar-refractivity contribution in [2.45, 2.75) is 13.3 Å². The first-order valence-electron chi connectivity index (χ1n) is 7.67. The van der Waals surface area contributed by atoms with Crippen molar-refractivity contribution in [1.82, 2.24) is 0 Å². The summed E-state index contributed by atoms with van der Waals surface area (Å²) in [6.45, 7) is 2.17. The van der Waals surface area contributed by atoms with Crippen LogP contribution in [0.4, 0.5) is 15.8 Å². The smallest absolute Gasteiger partial charge is 0.229 e. The zero-order valence-electron chi connectivity index (χ0n) is 13.4. The van der Waals surface area contributed by atoms with Gasteiger partial charge in [-0.15, -0.1) is 0 Å². The van der Waals surface area contributed by atoms with E-state index in [0.717, 1.165) is 10.0 Å². The summed E-state index contributed by atoms with van der Waals surface area (Å²) in [4.78, 5) is 26.2. The van der Waals surface area contributed by atoms with Gasteiger partial charge in [-0.2, -0.15) is 0 Å². The number of carbonyl (C=O) groups excluding carboxylic acids is 2. The number of carbonyl (C=O) groups is 2. The summed E-state index contributed by atoms with van der Waals surface area (Å²) in [5.74, 6) is -1.42. The van der Waals surface area contributed by atoms with Gasteiger partial charge in [-0.1, -0.05) is 27.5 Å². The Bertz CT molecular complexity index is 859. The van der Waals surface area contributed by atoms with Crippen LogP contribution in [0.5, 0.6) is 0 Å². The van der Waals surface area contributed by atoms with E-state index in [4.69, 9.17) is 11.6 Å². The molecule has 0 bridgehead atoms. The van der Waals surface area contributed by atoms with Crippen molar-refractivity contribution in [3.05, 3.63) is 57.3 Å². The second-order valence-electron chi connectivity index (χ2n) is 5.96. The van der Waals surface area contributed by atoms with Gasteiger partial charge in [0.05, 0.1) is 10.9 Å². The van der Waals surface area contributed by atoms with Gasteiger partial charge >= 0.3 is 0 Å². The van der Waals surface area contributed by atoms with Crippen LogP contribution in [0.1, 0.15) is 12.0 Å². The summed E-state index contributed by atoms with van der Waals surface area (Å²) in [7, 11) is 0. The monoisotopic (exact) mass is 424 g/mol. The summed E-state index contributed by atoms with van der Waals surface area (Å²) in [6.07, 6.45) is 0.107. The lowest BCUT2D eigenvalue weighted by atomic mass is 10.1. The molecule has 1 aliphatic rings. The van der Waals surface area contributed by atoms with Gasteiger partial charge < -0.3 is 10.2 Å². The van der Waals surface area contributed by atoms with Crippen molar-refractivity contribution in [3.63, 3.8) is 0 Å². The Morgan fingerprint density at radius 3 is 2.76 bits per heavy atom. The highest BCUT2D eigenvalue weighted by Gasteiger charge is 2.35. The molecule has 4 nitrogen and oxygen atoms in total. The predicted octanol–water partition coefficient (Wildman–Crippen LogP) is 4.54. The van der Waals surface area contributed by atoms with E-state index in [1.165, 1.54) is 23.1 Å². The number of aryl methyl sites for hydroxylation is 1. The van der Waals surface area contributed by atoms with Gasteiger partial charge in [0.2, 0.25) is 11.8 Å². The number of rotatable bonds is 3. The molecule has 0 aromatic heterocycles. The minimum absolute atomic E-state index is 0.0523. The van der Waals surface area contributed by atoms with E-state index in [0.29, 0.717) is 11.4 Å². The van der Waals surface area contributed by atoms with Crippen molar-refractivity contribution in [2.75, 3.05) is 16.8 Å². The molecule has 3 rings (SSSR count). The average molecular weight is 426 g/mol. The summed E-state index contributed by atoms with van der Waals surface area (Å²) in [5.41, 5.74) is 2.18. The van der Waals surface area contributed by atoms with Crippen molar-refractivity contribution in [2.24, 2.45) is 5.92 Å². The summed E-state index contributed by atoms with van der Waals surface area (Å²) in [5, 5.41) is 2.79. The molecule has 1 unspecified atom stereocenters. The number of nitrogens with zero attached hydrogens (tertiary/aromatic N) is 1. The van der Waals surface area contributed by atoms with Crippen LogP contribution in [0.25, 0.3) is 0 Å². The Morgan fingerprint density at radius 2 is 2.08 bits per heavy atom. The molecule has 0 spiro atoms. The Hall–Kier alpha value is -1.92. The molecule has 0 radical (unpaired) electrons. The topological polar surface area (TPSA) is 49.4 Å². The predicted molar refractivity (Wildman–Crippen MR) is 99.4 cm³/mol. The Morgan fingerprint density at radius 1 is 1.32 bits per heavy atom. The van der Waals surface area contributed by atoms with E-state index in [1.807, 2.05) is 19.1 Å². The summed E-state index contributed by atoms with van der Waals surface area (Å²) < 4.78 is 14.2. The molecular weight excluding hydrogens is 411 g/mol. The molecule has 0 aliphatic carbocycles. The van der Waals surface area contributed by atoms with Gasteiger partial charge in [-0.3, -0.25) is 9.59 Å². The molecule has 2 amide bonds. The van der Waals surface area contributed by atoms with Gasteiger partial charge in [0.25, 0.3) is 0 Å². The number of halogens is 3. The van der Waals surface area contributed by atoms with Crippen LogP contribution in [0.2, 0.25) is 5.02 Å². The van der Waals surface area contributed by atoms with Crippen LogP contribution >= 0.6 is 27.5 Å². The average Bonchev–Trinajstić information content (AvgIpc) is 2.95. The maximum Gasteiger partial charge on any atom is 0.229 e. The van der Waals surface area contributed by atoms with Crippen LogP contribution < -0.4 is 10.2 Å². The fourth-order valence-electron chi connectivity index (χ4n) is 2.75. The highest BCUT2D eigenvalue weighted by molar-refractivity contribution is 9.10. The lowest BCUT2D eigenvalue weighted by Crippen LogP contribution is -2.28. The van der Waals surface area contributed by atoms with Crippen LogP contribution in [-0.4, -0.2) is 18.4 Å². The number of anilines is 2. The van der Waals surface area contributed by atoms with E-state index < -0.39 is 11.7 Å². The maximum atomic E-state index is 13.3. The third kappa shape index (κ3) is 3.85. The van der Waals surface area contributed by atoms with E-state index in [2.05, 4.69) is 21.2 Å². The molecule has 7 heteroatoms. The highest BCUT2D eigenvalue weighted by atomic mass is 79.9. The van der Waals surface area contributed by atoms with Crippen LogP contribution in [0.15, 0.2) is 40.9 Å². The maximum absolute atomic E-state index is 13.3. The molecule has 1 heterocycles. The molecule has 25 heavy (non-hydrogen) atoms. The first-order chi connectivity index (χ1) is 11.8. The molecule has 1 atom stereocenters. The number of hydrogen-bond donors (Lipinski definition) is 1. The minimum atomic E-state index is -0.544. The first-order valence-corrected chi connectivity index (χ1v) is 8.84. The van der Waals surface area contributed by atoms with E-state index in [1.54, 1.807) is 6.07 Å². The second-order valence-corrected chi connectivity index (χ2v) is 7.22. The number of hydrogen-bond acceptors (Lipinski definition) is 2. The number of benzene rings is 2. The number of amides is 2. The fourth-order valence-corrected chi connectivity index (χ4v) is 3.17. The largest absolute Gasteiger partial charge is 0.326 e. The molecule has 2 aromatic rings. The van der Waals surface area contributed by atoms with Gasteiger partial charge in [0, 0.05) is 28.8 Å². The lowest BCUT2D eigenvalue weighted by molar-refractivity contribution is -0.122. The summed E-state index contributed by atoms with van der Waals surface area (Å²) in [6, 6.07) is 9.60. The van der Waals surface area contributed by atoms with E-state index in [9.17, 15) is 14.0 Å². The van der Waals surface area contributed by atoms with Crippen molar-refractivity contribution in [1.29, 1.82) is 0 Å². The second kappa shape index (κ2) is 7.14. The van der Waals surface area contributed by atoms with Gasteiger partial charge in [0.15, 0.2) is 0 Å². The SMILES string of the molecule is Cc1cc(NC(=O)C2CC(=O)N(c3ccc(F)c(Cl)c3)C2)ccc1Br. The third-order valence-electron chi connectivity index (χ3n) is 4.14. The molecule has 1 fully saturated rings. The highest BCUT2D eigenvalue weighted by Crippen LogP contribution is 2.29. The minimum Gasteiger partial charge on any atom is -0.326 e. The van der Waals surface area contributed by atoms with Crippen LogP contribution in [-0.2, 0) is 9.59 Å². The molecule has 2 aromatic carbocycles. The molecule has 1 aliphatic heterocycles. The van der Waals surface area contributed by atoms with Gasteiger partial charge in [-0.25, -0.2) is 4.39 Å². The van der Waals surface area contributed by atoms with Crippen molar-refractivity contribution in [3.8, 4) is 0 Å². The van der Waals surface area contributed by atoms with Crippen LogP contribution in [0, 0.1) is 18.7 Å². The van der Waals surface area contributed by atoms with E-state index >= 15 is 0 Å². The molecule has 1 saturated heterocycles. The Balaban J connectivity index is 1.71. The first kappa shape index (κ1) is 17.9. The normalized spacial score (nSPS) is 17.0. The van der Waals surface area contributed by atoms with Gasteiger partial charge in [-0.05, 0) is 48.9 Å². The molecule has 130 valence electrons. The van der Waals surface area contributed by atoms with E-state index in [-0.39, 0.29) is 29.8 Å². The van der Waals surface area contributed by atoms with Gasteiger partial charge in [0.1, 0.15) is 5.82 Å². The quantitative estimate of drug-likeness (QED) is 0.785. The van der Waals surface area contributed by atoms with Crippen molar-refractivity contribution >= 4 is 50.7 Å². The Labute approximate surface area is 158 Å². The zero-order chi connectivity index (χ0) is 18.1. The Kier molecular flexibility index (Phi) is 5.11. The summed E-state index contributed by atoms with van der Waals surface area (Å²) >= 11 is 9.19. The molecule has 0 saturated carbocycles. The lowest BCUT2D eigenvalue weighted by Gasteiger charge is -2.17. The standard InChI is InChI=1S/C18H15BrClFN2O2/c1-10-6-12(2-4-14(10)19)22-18(25)11-7-17(24)23(9-11)13-3-5-16(21)15(20)8-13/h2-6,8,11H,7,9H2,1H3,(H,22,25). The van der Waals surface area contributed by atoms with Crippen LogP contribution in [0.3, 0.4) is 0 Å².